The van der Waals surface area contributed by atoms with E-state index in [1.165, 1.54) is 0 Å². The fourth-order valence-corrected chi connectivity index (χ4v) is 2.78. The summed E-state index contributed by atoms with van der Waals surface area (Å²) in [4.78, 5) is 26.5. The van der Waals surface area contributed by atoms with Crippen molar-refractivity contribution in [1.29, 1.82) is 0 Å². The van der Waals surface area contributed by atoms with Crippen LogP contribution >= 0.6 is 23.2 Å². The number of benzene rings is 1. The topological polar surface area (TPSA) is 49.4 Å². The summed E-state index contributed by atoms with van der Waals surface area (Å²) in [5.74, 6) is -0.253. The number of halogens is 2. The Morgan fingerprint density at radius 1 is 1.17 bits per heavy atom. The normalized spacial score (nSPS) is 13.2. The Kier molecular flexibility index (Phi) is 8.57. The van der Waals surface area contributed by atoms with Crippen LogP contribution in [0.15, 0.2) is 18.2 Å². The van der Waals surface area contributed by atoms with Crippen molar-refractivity contribution in [3.8, 4) is 0 Å². The number of nitrogens with one attached hydrogen (secondary N) is 1. The van der Waals surface area contributed by atoms with Gasteiger partial charge in [-0.3, -0.25) is 9.59 Å². The molecule has 1 aromatic carbocycles. The number of carbonyl (C=O) groups excluding carboxylic acids is 2. The van der Waals surface area contributed by atoms with E-state index in [0.717, 1.165) is 6.42 Å². The Labute approximate surface area is 154 Å². The van der Waals surface area contributed by atoms with E-state index in [0.29, 0.717) is 28.5 Å². The van der Waals surface area contributed by atoms with E-state index >= 15 is 0 Å². The average Bonchev–Trinajstić information content (AvgIpc) is 2.54. The van der Waals surface area contributed by atoms with Crippen molar-refractivity contribution in [2.75, 3.05) is 0 Å². The molecule has 0 spiro atoms. The second-order valence-corrected chi connectivity index (χ2v) is 6.78. The van der Waals surface area contributed by atoms with Gasteiger partial charge in [0.2, 0.25) is 11.8 Å². The number of amides is 2. The van der Waals surface area contributed by atoms with Gasteiger partial charge in [-0.1, -0.05) is 43.1 Å². The molecule has 0 aliphatic rings. The second-order valence-electron chi connectivity index (χ2n) is 5.97. The molecular weight excluding hydrogens is 347 g/mol. The van der Waals surface area contributed by atoms with E-state index in [1.54, 1.807) is 30.0 Å². The molecule has 0 saturated carbocycles. The molecule has 0 heterocycles. The predicted molar refractivity (Wildman–Crippen MR) is 99.3 cm³/mol. The van der Waals surface area contributed by atoms with Crippen LogP contribution in [0.2, 0.25) is 10.0 Å². The third kappa shape index (κ3) is 5.67. The number of nitrogens with zero attached hydrogens (tertiary/aromatic N) is 1. The van der Waals surface area contributed by atoms with Crippen molar-refractivity contribution < 1.29 is 9.59 Å². The summed E-state index contributed by atoms with van der Waals surface area (Å²) >= 11 is 12.4. The van der Waals surface area contributed by atoms with Crippen LogP contribution in [-0.2, 0) is 16.1 Å². The van der Waals surface area contributed by atoms with Gasteiger partial charge in [-0.2, -0.15) is 0 Å². The van der Waals surface area contributed by atoms with E-state index in [9.17, 15) is 9.59 Å². The number of carbonyl (C=O) groups is 2. The van der Waals surface area contributed by atoms with Gasteiger partial charge in [-0.05, 0) is 38.8 Å². The molecule has 6 heteroatoms. The first-order valence-corrected chi connectivity index (χ1v) is 9.10. The van der Waals surface area contributed by atoms with Crippen LogP contribution in [0, 0.1) is 0 Å². The minimum absolute atomic E-state index is 0.0620. The quantitative estimate of drug-likeness (QED) is 0.733. The monoisotopic (exact) mass is 372 g/mol. The summed E-state index contributed by atoms with van der Waals surface area (Å²) in [6.07, 6.45) is 1.92. The zero-order valence-corrected chi connectivity index (χ0v) is 16.2. The standard InChI is InChI=1S/C18H26Cl2N2O2/c1-5-8-17(23)22(13(4)18(24)21-12(3)6-2)11-14-15(19)9-7-10-16(14)20/h7,9-10,12-13H,5-6,8,11H2,1-4H3,(H,21,24)/t12-,13-/m1/s1. The summed E-state index contributed by atoms with van der Waals surface area (Å²) in [6, 6.07) is 4.69. The van der Waals surface area contributed by atoms with E-state index in [2.05, 4.69) is 5.32 Å². The smallest absolute Gasteiger partial charge is 0.242 e. The first-order valence-electron chi connectivity index (χ1n) is 8.34. The van der Waals surface area contributed by atoms with Crippen molar-refractivity contribution in [3.63, 3.8) is 0 Å². The van der Waals surface area contributed by atoms with E-state index in [1.807, 2.05) is 20.8 Å². The van der Waals surface area contributed by atoms with Crippen LogP contribution in [0.3, 0.4) is 0 Å². The lowest BCUT2D eigenvalue weighted by Crippen LogP contribution is -2.49. The molecule has 0 fully saturated rings. The molecule has 0 unspecified atom stereocenters. The maximum atomic E-state index is 12.5. The fraction of sp³-hybridized carbons (Fsp3) is 0.556. The fourth-order valence-electron chi connectivity index (χ4n) is 2.26. The highest BCUT2D eigenvalue weighted by Gasteiger charge is 2.27. The van der Waals surface area contributed by atoms with Crippen LogP contribution in [0.4, 0.5) is 0 Å². The highest BCUT2D eigenvalue weighted by Crippen LogP contribution is 2.26. The third-order valence-corrected chi connectivity index (χ3v) is 4.73. The zero-order valence-electron chi connectivity index (χ0n) is 14.7. The molecule has 0 bridgehead atoms. The molecule has 134 valence electrons. The summed E-state index contributed by atoms with van der Waals surface area (Å²) < 4.78 is 0. The molecule has 0 radical (unpaired) electrons. The molecule has 4 nitrogen and oxygen atoms in total. The summed E-state index contributed by atoms with van der Waals surface area (Å²) in [6.45, 7) is 7.82. The second kappa shape index (κ2) is 9.90. The maximum Gasteiger partial charge on any atom is 0.242 e. The van der Waals surface area contributed by atoms with Gasteiger partial charge in [0.25, 0.3) is 0 Å². The summed E-state index contributed by atoms with van der Waals surface area (Å²) in [5, 5.41) is 3.91. The molecular formula is C18H26Cl2N2O2. The van der Waals surface area contributed by atoms with E-state index in [-0.39, 0.29) is 24.4 Å². The van der Waals surface area contributed by atoms with Gasteiger partial charge >= 0.3 is 0 Å². The highest BCUT2D eigenvalue weighted by molar-refractivity contribution is 6.36. The minimum Gasteiger partial charge on any atom is -0.352 e. The van der Waals surface area contributed by atoms with Crippen LogP contribution < -0.4 is 5.32 Å². The molecule has 0 aromatic heterocycles. The third-order valence-electron chi connectivity index (χ3n) is 4.02. The Bertz CT molecular complexity index is 558. The highest BCUT2D eigenvalue weighted by atomic mass is 35.5. The van der Waals surface area contributed by atoms with Crippen molar-refractivity contribution >= 4 is 35.0 Å². The molecule has 0 aliphatic carbocycles. The van der Waals surface area contributed by atoms with Crippen molar-refractivity contribution in [1.82, 2.24) is 10.2 Å². The molecule has 1 rings (SSSR count). The molecule has 24 heavy (non-hydrogen) atoms. The SMILES string of the molecule is CCCC(=O)N(Cc1c(Cl)cccc1Cl)[C@H](C)C(=O)N[C@H](C)CC. The molecule has 2 atom stereocenters. The molecule has 2 amide bonds. The average molecular weight is 373 g/mol. The number of hydrogen-bond donors (Lipinski definition) is 1. The van der Waals surface area contributed by atoms with E-state index in [4.69, 9.17) is 23.2 Å². The Balaban J connectivity index is 3.03. The van der Waals surface area contributed by atoms with Crippen LogP contribution in [0.5, 0.6) is 0 Å². The van der Waals surface area contributed by atoms with Crippen LogP contribution in [-0.4, -0.2) is 28.8 Å². The van der Waals surface area contributed by atoms with Gasteiger partial charge in [0.1, 0.15) is 6.04 Å². The van der Waals surface area contributed by atoms with Crippen molar-refractivity contribution in [3.05, 3.63) is 33.8 Å². The van der Waals surface area contributed by atoms with Gasteiger partial charge in [-0.25, -0.2) is 0 Å². The predicted octanol–water partition coefficient (Wildman–Crippen LogP) is 4.43. The first kappa shape index (κ1) is 20.8. The molecule has 0 aliphatic heterocycles. The van der Waals surface area contributed by atoms with Crippen molar-refractivity contribution in [2.45, 2.75) is 65.6 Å². The summed E-state index contributed by atoms with van der Waals surface area (Å²) in [5.41, 5.74) is 0.661. The maximum absolute atomic E-state index is 12.5. The molecule has 1 N–H and O–H groups in total. The molecule has 1 aromatic rings. The lowest BCUT2D eigenvalue weighted by Gasteiger charge is -2.30. The van der Waals surface area contributed by atoms with E-state index < -0.39 is 6.04 Å². The largest absolute Gasteiger partial charge is 0.352 e. The van der Waals surface area contributed by atoms with Gasteiger partial charge in [0.05, 0.1) is 0 Å². The Morgan fingerprint density at radius 3 is 2.25 bits per heavy atom. The van der Waals surface area contributed by atoms with Crippen LogP contribution in [0.25, 0.3) is 0 Å². The minimum atomic E-state index is -0.592. The first-order chi connectivity index (χ1) is 11.3. The lowest BCUT2D eigenvalue weighted by molar-refractivity contribution is -0.140. The zero-order chi connectivity index (χ0) is 18.3. The van der Waals surface area contributed by atoms with Gasteiger partial charge < -0.3 is 10.2 Å². The lowest BCUT2D eigenvalue weighted by atomic mass is 10.1. The van der Waals surface area contributed by atoms with Crippen LogP contribution in [0.1, 0.15) is 52.5 Å². The van der Waals surface area contributed by atoms with Gasteiger partial charge in [0, 0.05) is 34.6 Å². The number of hydrogen-bond acceptors (Lipinski definition) is 2. The Morgan fingerprint density at radius 2 is 1.75 bits per heavy atom. The summed E-state index contributed by atoms with van der Waals surface area (Å²) in [7, 11) is 0. The number of rotatable bonds is 8. The van der Waals surface area contributed by atoms with Gasteiger partial charge in [-0.15, -0.1) is 0 Å². The van der Waals surface area contributed by atoms with Gasteiger partial charge in [0.15, 0.2) is 0 Å². The van der Waals surface area contributed by atoms with Crippen molar-refractivity contribution in [2.24, 2.45) is 0 Å². The Hall–Kier alpha value is -1.26. The molecule has 0 saturated heterocycles.